The lowest BCUT2D eigenvalue weighted by atomic mass is 10.1. The molecule has 7 nitrogen and oxygen atoms in total. The number of aromatic carboxylic acids is 1. The summed E-state index contributed by atoms with van der Waals surface area (Å²) < 4.78 is 13.2. The highest BCUT2D eigenvalue weighted by Gasteiger charge is 2.15. The Labute approximate surface area is 172 Å². The summed E-state index contributed by atoms with van der Waals surface area (Å²) in [7, 11) is 0. The van der Waals surface area contributed by atoms with Crippen molar-refractivity contribution in [2.45, 2.75) is 6.42 Å². The van der Waals surface area contributed by atoms with Crippen molar-refractivity contribution in [1.29, 1.82) is 0 Å². The number of carbonyl (C=O) groups is 2. The molecule has 2 heterocycles. The van der Waals surface area contributed by atoms with Crippen LogP contribution in [-0.4, -0.2) is 27.0 Å². The van der Waals surface area contributed by atoms with Gasteiger partial charge in [-0.1, -0.05) is 12.1 Å². The lowest BCUT2D eigenvalue weighted by molar-refractivity contribution is -0.115. The van der Waals surface area contributed by atoms with Gasteiger partial charge in [0.15, 0.2) is 0 Å². The van der Waals surface area contributed by atoms with Gasteiger partial charge >= 0.3 is 5.97 Å². The Morgan fingerprint density at radius 3 is 2.47 bits per heavy atom. The fraction of sp³-hybridized carbons (Fsp3) is 0.0476. The number of hydrogen-bond donors (Lipinski definition) is 3. The second-order valence-corrected chi connectivity index (χ2v) is 7.31. The Hall–Kier alpha value is -3.85. The summed E-state index contributed by atoms with van der Waals surface area (Å²) in [6.45, 7) is 0. The smallest absolute Gasteiger partial charge is 0.335 e. The van der Waals surface area contributed by atoms with E-state index < -0.39 is 11.9 Å². The van der Waals surface area contributed by atoms with E-state index in [1.807, 2.05) is 0 Å². The summed E-state index contributed by atoms with van der Waals surface area (Å²) in [5, 5.41) is 13.7. The molecule has 0 atom stereocenters. The zero-order valence-electron chi connectivity index (χ0n) is 15.3. The van der Waals surface area contributed by atoms with Crippen molar-refractivity contribution in [1.82, 2.24) is 9.97 Å². The highest BCUT2D eigenvalue weighted by atomic mass is 32.1. The van der Waals surface area contributed by atoms with Crippen LogP contribution in [0.4, 0.5) is 10.1 Å². The number of hydrogen-bond acceptors (Lipinski definition) is 5. The Morgan fingerprint density at radius 1 is 1.10 bits per heavy atom. The zero-order chi connectivity index (χ0) is 21.3. The van der Waals surface area contributed by atoms with E-state index in [4.69, 9.17) is 5.11 Å². The Bertz CT molecular complexity index is 1310. The molecule has 4 aromatic rings. The number of aromatic amines is 1. The second kappa shape index (κ2) is 7.88. The van der Waals surface area contributed by atoms with Gasteiger partial charge in [-0.2, -0.15) is 0 Å². The number of thiophene rings is 1. The van der Waals surface area contributed by atoms with E-state index in [1.54, 1.807) is 17.5 Å². The third-order valence-electron chi connectivity index (χ3n) is 4.39. The van der Waals surface area contributed by atoms with Crippen LogP contribution in [0.2, 0.25) is 0 Å². The average molecular weight is 423 g/mol. The molecular formula is C21H14FN3O4S. The minimum atomic E-state index is -1.06. The van der Waals surface area contributed by atoms with E-state index in [0.717, 1.165) is 0 Å². The van der Waals surface area contributed by atoms with Crippen molar-refractivity contribution in [2.75, 3.05) is 5.32 Å². The minimum Gasteiger partial charge on any atom is -0.478 e. The molecule has 0 spiro atoms. The molecule has 0 unspecified atom stereocenters. The topological polar surface area (TPSA) is 112 Å². The molecule has 2 aromatic heterocycles. The third kappa shape index (κ3) is 3.96. The van der Waals surface area contributed by atoms with Crippen molar-refractivity contribution in [2.24, 2.45) is 0 Å². The molecule has 9 heteroatoms. The summed E-state index contributed by atoms with van der Waals surface area (Å²) >= 11 is 1.26. The number of nitrogens with zero attached hydrogens (tertiary/aromatic N) is 1. The van der Waals surface area contributed by atoms with E-state index in [2.05, 4.69) is 15.3 Å². The molecule has 0 aliphatic heterocycles. The Morgan fingerprint density at radius 2 is 1.80 bits per heavy atom. The predicted octanol–water partition coefficient (Wildman–Crippen LogP) is 3.67. The quantitative estimate of drug-likeness (QED) is 0.453. The van der Waals surface area contributed by atoms with Crippen LogP contribution in [0, 0.1) is 5.82 Å². The van der Waals surface area contributed by atoms with Gasteiger partial charge in [-0.15, -0.1) is 11.3 Å². The number of amides is 1. The van der Waals surface area contributed by atoms with Gasteiger partial charge < -0.3 is 15.4 Å². The van der Waals surface area contributed by atoms with Crippen LogP contribution in [0.15, 0.2) is 58.7 Å². The number of rotatable bonds is 5. The Kier molecular flexibility index (Phi) is 5.11. The number of nitrogens with one attached hydrogen (secondary N) is 2. The molecule has 3 N–H and O–H groups in total. The van der Waals surface area contributed by atoms with E-state index in [-0.39, 0.29) is 29.2 Å². The fourth-order valence-corrected chi connectivity index (χ4v) is 3.94. The number of benzene rings is 2. The number of carboxylic acids is 1. The lowest BCUT2D eigenvalue weighted by Crippen LogP contribution is -2.19. The number of carbonyl (C=O) groups excluding carboxylic acids is 1. The number of fused-ring (bicyclic) bond motifs is 1. The van der Waals surface area contributed by atoms with E-state index in [1.165, 1.54) is 47.7 Å². The number of H-pyrrole nitrogens is 1. The maximum absolute atomic E-state index is 13.2. The predicted molar refractivity (Wildman–Crippen MR) is 111 cm³/mol. The van der Waals surface area contributed by atoms with Crippen LogP contribution in [0.1, 0.15) is 16.2 Å². The number of halogens is 1. The van der Waals surface area contributed by atoms with Gasteiger partial charge in [-0.05, 0) is 42.0 Å². The summed E-state index contributed by atoms with van der Waals surface area (Å²) in [5.41, 5.74) is 1.51. The fourth-order valence-electron chi connectivity index (χ4n) is 2.97. The van der Waals surface area contributed by atoms with Gasteiger partial charge in [0.05, 0.1) is 17.4 Å². The molecule has 0 saturated carbocycles. The molecule has 0 radical (unpaired) electrons. The molecule has 4 rings (SSSR count). The summed E-state index contributed by atoms with van der Waals surface area (Å²) in [6, 6.07) is 11.5. The van der Waals surface area contributed by atoms with Crippen molar-refractivity contribution >= 4 is 39.1 Å². The van der Waals surface area contributed by atoms with Gasteiger partial charge in [0.1, 0.15) is 16.5 Å². The molecule has 0 aliphatic carbocycles. The minimum absolute atomic E-state index is 0.110. The van der Waals surface area contributed by atoms with Crippen LogP contribution < -0.4 is 10.9 Å². The van der Waals surface area contributed by atoms with Crippen LogP contribution in [0.25, 0.3) is 21.3 Å². The standard InChI is InChI=1S/C21H14FN3O4S/c22-13-5-1-11(2-6-13)15-10-30-20-18(15)19(27)24-16(25-20)9-17(26)23-14-7-3-12(4-8-14)21(28)29/h1-8,10H,9H2,(H,23,26)(H,28,29)(H,24,25,27). The summed E-state index contributed by atoms with van der Waals surface area (Å²) in [5.74, 6) is -1.62. The first-order valence-corrected chi connectivity index (χ1v) is 9.68. The van der Waals surface area contributed by atoms with E-state index in [0.29, 0.717) is 27.0 Å². The van der Waals surface area contributed by atoms with Crippen molar-refractivity contribution in [3.05, 3.63) is 81.5 Å². The highest BCUT2D eigenvalue weighted by Crippen LogP contribution is 2.30. The summed E-state index contributed by atoms with van der Waals surface area (Å²) in [6.07, 6.45) is -0.157. The van der Waals surface area contributed by atoms with Gasteiger partial charge in [-0.25, -0.2) is 14.2 Å². The normalized spacial score (nSPS) is 10.8. The zero-order valence-corrected chi connectivity index (χ0v) is 16.1. The van der Waals surface area contributed by atoms with Gasteiger partial charge in [0, 0.05) is 16.6 Å². The Balaban J connectivity index is 1.55. The molecular weight excluding hydrogens is 409 g/mol. The SMILES string of the molecule is O=C(Cc1nc2scc(-c3ccc(F)cc3)c2c(=O)[nH]1)Nc1ccc(C(=O)O)cc1. The molecule has 150 valence electrons. The number of anilines is 1. The molecule has 2 aromatic carbocycles. The first-order chi connectivity index (χ1) is 14.4. The maximum Gasteiger partial charge on any atom is 0.335 e. The first kappa shape index (κ1) is 19.5. The molecule has 0 aliphatic rings. The molecule has 0 saturated heterocycles. The van der Waals surface area contributed by atoms with E-state index in [9.17, 15) is 18.8 Å². The molecule has 30 heavy (non-hydrogen) atoms. The first-order valence-electron chi connectivity index (χ1n) is 8.80. The highest BCUT2D eigenvalue weighted by molar-refractivity contribution is 7.17. The van der Waals surface area contributed by atoms with Gasteiger partial charge in [-0.3, -0.25) is 9.59 Å². The van der Waals surface area contributed by atoms with Crippen LogP contribution >= 0.6 is 11.3 Å². The second-order valence-electron chi connectivity index (χ2n) is 6.46. The van der Waals surface area contributed by atoms with Gasteiger partial charge in [0.25, 0.3) is 5.56 Å². The van der Waals surface area contributed by atoms with Crippen LogP contribution in [0.5, 0.6) is 0 Å². The molecule has 0 bridgehead atoms. The number of carboxylic acid groups (broad SMARTS) is 1. The van der Waals surface area contributed by atoms with Gasteiger partial charge in [0.2, 0.25) is 5.91 Å². The lowest BCUT2D eigenvalue weighted by Gasteiger charge is -2.06. The molecule has 1 amide bonds. The van der Waals surface area contributed by atoms with Crippen LogP contribution in [0.3, 0.4) is 0 Å². The third-order valence-corrected chi connectivity index (χ3v) is 5.26. The number of aromatic nitrogens is 2. The van der Waals surface area contributed by atoms with Crippen molar-refractivity contribution in [3.63, 3.8) is 0 Å². The van der Waals surface area contributed by atoms with Crippen molar-refractivity contribution in [3.8, 4) is 11.1 Å². The maximum atomic E-state index is 13.2. The van der Waals surface area contributed by atoms with E-state index >= 15 is 0 Å². The average Bonchev–Trinajstić information content (AvgIpc) is 3.13. The largest absolute Gasteiger partial charge is 0.478 e. The molecule has 0 fully saturated rings. The van der Waals surface area contributed by atoms with Crippen LogP contribution in [-0.2, 0) is 11.2 Å². The monoisotopic (exact) mass is 423 g/mol. The van der Waals surface area contributed by atoms with Crippen molar-refractivity contribution < 1.29 is 19.1 Å². The summed E-state index contributed by atoms with van der Waals surface area (Å²) in [4.78, 5) is 43.2.